The number of hydrogen-bond acceptors (Lipinski definition) is 3. The average Bonchev–Trinajstić information content (AvgIpc) is 2.73. The number of ether oxygens (including phenoxy) is 1. The van der Waals surface area contributed by atoms with Gasteiger partial charge in [-0.3, -0.25) is 9.59 Å². The lowest BCUT2D eigenvalue weighted by molar-refractivity contribution is -0.142. The van der Waals surface area contributed by atoms with Crippen LogP contribution in [0.5, 0.6) is 5.75 Å². The van der Waals surface area contributed by atoms with E-state index in [0.717, 1.165) is 35.1 Å². The van der Waals surface area contributed by atoms with Gasteiger partial charge in [0.2, 0.25) is 5.91 Å². The van der Waals surface area contributed by atoms with Gasteiger partial charge in [-0.15, -0.1) is 0 Å². The molecule has 1 N–H and O–H groups in total. The number of nitrogens with zero attached hydrogens (tertiary/aromatic N) is 1. The maximum Gasteiger partial charge on any atom is 0.261 e. The zero-order chi connectivity index (χ0) is 23.0. The minimum atomic E-state index is -0.632. The Bertz CT molecular complexity index is 914. The van der Waals surface area contributed by atoms with Gasteiger partial charge in [-0.05, 0) is 74.6 Å². The van der Waals surface area contributed by atoms with Crippen LogP contribution in [0.25, 0.3) is 0 Å². The van der Waals surface area contributed by atoms with Gasteiger partial charge in [0.15, 0.2) is 6.61 Å². The second-order valence-corrected chi connectivity index (χ2v) is 8.40. The summed E-state index contributed by atoms with van der Waals surface area (Å²) in [7, 11) is 0. The second kappa shape index (κ2) is 11.8. The smallest absolute Gasteiger partial charge is 0.261 e. The highest BCUT2D eigenvalue weighted by molar-refractivity contribution is 6.30. The molecule has 0 aliphatic carbocycles. The number of carbonyl (C=O) groups is 2. The fourth-order valence-electron chi connectivity index (χ4n) is 3.32. The van der Waals surface area contributed by atoms with Crippen molar-refractivity contribution in [3.63, 3.8) is 0 Å². The van der Waals surface area contributed by atoms with E-state index >= 15 is 0 Å². The van der Waals surface area contributed by atoms with Crippen molar-refractivity contribution >= 4 is 23.4 Å². The van der Waals surface area contributed by atoms with E-state index in [1.165, 1.54) is 0 Å². The molecule has 31 heavy (non-hydrogen) atoms. The molecule has 2 amide bonds. The van der Waals surface area contributed by atoms with Crippen LogP contribution < -0.4 is 10.1 Å². The Balaban J connectivity index is 2.18. The molecule has 0 unspecified atom stereocenters. The lowest BCUT2D eigenvalue weighted by Gasteiger charge is -2.29. The minimum absolute atomic E-state index is 0.142. The molecule has 1 atom stereocenters. The first kappa shape index (κ1) is 24.7. The average molecular weight is 445 g/mol. The molecule has 0 spiro atoms. The molecule has 0 fully saturated rings. The summed E-state index contributed by atoms with van der Waals surface area (Å²) in [5, 5.41) is 3.50. The molecule has 0 aliphatic heterocycles. The van der Waals surface area contributed by atoms with Crippen LogP contribution >= 0.6 is 11.6 Å². The summed E-state index contributed by atoms with van der Waals surface area (Å²) in [6, 6.07) is 10.7. The summed E-state index contributed by atoms with van der Waals surface area (Å²) in [5.74, 6) is 0.261. The first-order valence-electron chi connectivity index (χ1n) is 10.7. The first-order valence-corrected chi connectivity index (χ1v) is 11.1. The molecule has 168 valence electrons. The van der Waals surface area contributed by atoms with E-state index in [0.29, 0.717) is 17.3 Å². The molecule has 5 nitrogen and oxygen atoms in total. The van der Waals surface area contributed by atoms with E-state index in [-0.39, 0.29) is 25.0 Å². The monoisotopic (exact) mass is 444 g/mol. The van der Waals surface area contributed by atoms with Gasteiger partial charge >= 0.3 is 0 Å². The van der Waals surface area contributed by atoms with Gasteiger partial charge in [-0.2, -0.15) is 0 Å². The molecule has 6 heteroatoms. The number of carbonyl (C=O) groups excluding carboxylic acids is 2. The number of aryl methyl sites for hydroxylation is 2. The Morgan fingerprint density at radius 2 is 1.90 bits per heavy atom. The lowest BCUT2D eigenvalue weighted by atomic mass is 10.1. The van der Waals surface area contributed by atoms with Crippen LogP contribution in [0.4, 0.5) is 0 Å². The molecular formula is C25H33ClN2O3. The highest BCUT2D eigenvalue weighted by Crippen LogP contribution is 2.23. The topological polar surface area (TPSA) is 58.6 Å². The quantitative estimate of drug-likeness (QED) is 0.526. The van der Waals surface area contributed by atoms with Gasteiger partial charge in [0, 0.05) is 18.1 Å². The van der Waals surface area contributed by atoms with Gasteiger partial charge in [-0.1, -0.05) is 43.1 Å². The predicted molar refractivity (Wildman–Crippen MR) is 126 cm³/mol. The number of unbranched alkanes of at least 4 members (excludes halogenated alkanes) is 1. The minimum Gasteiger partial charge on any atom is -0.483 e. The van der Waals surface area contributed by atoms with Gasteiger partial charge in [-0.25, -0.2) is 0 Å². The summed E-state index contributed by atoms with van der Waals surface area (Å²) in [5.41, 5.74) is 4.05. The van der Waals surface area contributed by atoms with Crippen LogP contribution in [0.3, 0.4) is 0 Å². The standard InChI is InChI=1S/C25H33ClN2O3/c1-6-7-11-27-25(30)20(5)28(15-21-9-8-10-22(26)14-21)24(29)16-31-23-13-17(2)12-18(3)19(23)4/h8-10,12-14,20H,6-7,11,15-16H2,1-5H3,(H,27,30)/t20-/m0/s1. The third-order valence-corrected chi connectivity index (χ3v) is 5.59. The fourth-order valence-corrected chi connectivity index (χ4v) is 3.54. The molecule has 0 saturated heterocycles. The summed E-state index contributed by atoms with van der Waals surface area (Å²) in [6.45, 7) is 10.5. The molecule has 0 bridgehead atoms. The van der Waals surface area contributed by atoms with Crippen LogP contribution in [0.2, 0.25) is 5.02 Å². The molecule has 0 aromatic heterocycles. The number of nitrogens with one attached hydrogen (secondary N) is 1. The summed E-state index contributed by atoms with van der Waals surface area (Å²) >= 11 is 6.12. The van der Waals surface area contributed by atoms with Crippen molar-refractivity contribution in [1.29, 1.82) is 0 Å². The second-order valence-electron chi connectivity index (χ2n) is 7.97. The van der Waals surface area contributed by atoms with Gasteiger partial charge in [0.1, 0.15) is 11.8 Å². The van der Waals surface area contributed by atoms with Crippen molar-refractivity contribution in [2.24, 2.45) is 0 Å². The van der Waals surface area contributed by atoms with Crippen LogP contribution in [0, 0.1) is 20.8 Å². The number of halogens is 1. The lowest BCUT2D eigenvalue weighted by Crippen LogP contribution is -2.49. The summed E-state index contributed by atoms with van der Waals surface area (Å²) in [6.07, 6.45) is 1.89. The molecule has 0 heterocycles. The Morgan fingerprint density at radius 3 is 2.58 bits per heavy atom. The fraction of sp³-hybridized carbons (Fsp3) is 0.440. The third kappa shape index (κ3) is 7.28. The van der Waals surface area contributed by atoms with Crippen molar-refractivity contribution in [2.45, 2.75) is 60.0 Å². The van der Waals surface area contributed by atoms with E-state index < -0.39 is 6.04 Å². The summed E-state index contributed by atoms with van der Waals surface area (Å²) in [4.78, 5) is 27.4. The largest absolute Gasteiger partial charge is 0.483 e. The summed E-state index contributed by atoms with van der Waals surface area (Å²) < 4.78 is 5.88. The Labute approximate surface area is 190 Å². The van der Waals surface area contributed by atoms with Gasteiger partial charge in [0.05, 0.1) is 0 Å². The van der Waals surface area contributed by atoms with Crippen molar-refractivity contribution in [2.75, 3.05) is 13.2 Å². The number of hydrogen-bond donors (Lipinski definition) is 1. The number of rotatable bonds is 10. The van der Waals surface area contributed by atoms with Crippen LogP contribution in [0.1, 0.15) is 48.9 Å². The van der Waals surface area contributed by atoms with Crippen molar-refractivity contribution < 1.29 is 14.3 Å². The maximum atomic E-state index is 13.2. The van der Waals surface area contributed by atoms with Crippen LogP contribution in [-0.4, -0.2) is 35.9 Å². The predicted octanol–water partition coefficient (Wildman–Crippen LogP) is 4.98. The maximum absolute atomic E-state index is 13.2. The van der Waals surface area contributed by atoms with Crippen LogP contribution in [-0.2, 0) is 16.1 Å². The molecule has 0 saturated carbocycles. The highest BCUT2D eigenvalue weighted by atomic mass is 35.5. The van der Waals surface area contributed by atoms with E-state index in [2.05, 4.69) is 18.3 Å². The van der Waals surface area contributed by atoms with Gasteiger partial charge in [0.25, 0.3) is 5.91 Å². The van der Waals surface area contributed by atoms with Crippen molar-refractivity contribution in [1.82, 2.24) is 10.2 Å². The molecule has 2 aromatic rings. The third-order valence-electron chi connectivity index (χ3n) is 5.35. The van der Waals surface area contributed by atoms with Gasteiger partial charge < -0.3 is 15.0 Å². The van der Waals surface area contributed by atoms with E-state index in [9.17, 15) is 9.59 Å². The zero-order valence-electron chi connectivity index (χ0n) is 19.1. The number of benzene rings is 2. The normalized spacial score (nSPS) is 11.7. The van der Waals surface area contributed by atoms with Crippen LogP contribution in [0.15, 0.2) is 36.4 Å². The number of amides is 2. The molecule has 0 aliphatic rings. The van der Waals surface area contributed by atoms with E-state index in [1.54, 1.807) is 24.0 Å². The first-order chi connectivity index (χ1) is 14.7. The van der Waals surface area contributed by atoms with E-state index in [4.69, 9.17) is 16.3 Å². The van der Waals surface area contributed by atoms with Crippen molar-refractivity contribution in [3.05, 3.63) is 63.7 Å². The highest BCUT2D eigenvalue weighted by Gasteiger charge is 2.26. The molecule has 2 rings (SSSR count). The SMILES string of the molecule is CCCCNC(=O)[C@H](C)N(Cc1cccc(Cl)c1)C(=O)COc1cc(C)cc(C)c1C. The Hall–Kier alpha value is -2.53. The zero-order valence-corrected chi connectivity index (χ0v) is 19.9. The molecule has 0 radical (unpaired) electrons. The molecule has 2 aromatic carbocycles. The Morgan fingerprint density at radius 1 is 1.16 bits per heavy atom. The van der Waals surface area contributed by atoms with Crippen molar-refractivity contribution in [3.8, 4) is 5.75 Å². The van der Waals surface area contributed by atoms with E-state index in [1.807, 2.05) is 39.0 Å². The molecular weight excluding hydrogens is 412 g/mol. The Kier molecular flexibility index (Phi) is 9.38.